The minimum absolute atomic E-state index is 0.148. The molecule has 0 radical (unpaired) electrons. The van der Waals surface area contributed by atoms with Crippen LogP contribution in [0.5, 0.6) is 23.0 Å². The van der Waals surface area contributed by atoms with Crippen molar-refractivity contribution in [1.29, 1.82) is 0 Å². The number of hydrogen-bond donors (Lipinski definition) is 2. The highest BCUT2D eigenvalue weighted by molar-refractivity contribution is 5.85. The average Bonchev–Trinajstić information content (AvgIpc) is 3.17. The van der Waals surface area contributed by atoms with Crippen LogP contribution in [0.1, 0.15) is 220 Å². The SMILES string of the molecule is CCCCCCCCCCCCCCCOc1ccc(C=NC(C)(C)C(C)(C)N=Cc2ccc(OCCCCCCCCCCCCCCC)cc2O)c(O)c1. The first-order chi connectivity index (χ1) is 27.1. The van der Waals surface area contributed by atoms with E-state index >= 15 is 0 Å². The summed E-state index contributed by atoms with van der Waals surface area (Å²) in [5.41, 5.74) is 0.0917. The molecule has 0 aliphatic carbocycles. The predicted molar refractivity (Wildman–Crippen MR) is 242 cm³/mol. The zero-order valence-corrected chi connectivity index (χ0v) is 37.0. The Kier molecular flexibility index (Phi) is 26.4. The van der Waals surface area contributed by atoms with Crippen molar-refractivity contribution in [2.75, 3.05) is 13.2 Å². The third-order valence-corrected chi connectivity index (χ3v) is 11.6. The number of nitrogens with zero attached hydrogens (tertiary/aromatic N) is 2. The lowest BCUT2D eigenvalue weighted by atomic mass is 9.83. The van der Waals surface area contributed by atoms with Crippen molar-refractivity contribution in [3.05, 3.63) is 47.5 Å². The molecule has 0 aliphatic heterocycles. The van der Waals surface area contributed by atoms with Crippen LogP contribution in [0.4, 0.5) is 0 Å². The van der Waals surface area contributed by atoms with Gasteiger partial charge in [-0.3, -0.25) is 9.98 Å². The monoisotopic (exact) mass is 777 g/mol. The molecule has 2 rings (SSSR count). The van der Waals surface area contributed by atoms with Gasteiger partial charge in [0.15, 0.2) is 0 Å². The van der Waals surface area contributed by atoms with Crippen LogP contribution >= 0.6 is 0 Å². The molecule has 0 fully saturated rings. The van der Waals surface area contributed by atoms with Crippen molar-refractivity contribution in [3.63, 3.8) is 0 Å². The van der Waals surface area contributed by atoms with Gasteiger partial charge in [-0.15, -0.1) is 0 Å². The third-order valence-electron chi connectivity index (χ3n) is 11.6. The van der Waals surface area contributed by atoms with E-state index in [1.807, 2.05) is 52.0 Å². The van der Waals surface area contributed by atoms with Gasteiger partial charge >= 0.3 is 0 Å². The summed E-state index contributed by atoms with van der Waals surface area (Å²) >= 11 is 0. The van der Waals surface area contributed by atoms with Gasteiger partial charge in [0, 0.05) is 35.7 Å². The molecule has 0 heterocycles. The summed E-state index contributed by atoms with van der Waals surface area (Å²) in [5.74, 6) is 1.65. The number of phenols is 2. The van der Waals surface area contributed by atoms with Crippen molar-refractivity contribution in [2.24, 2.45) is 9.98 Å². The van der Waals surface area contributed by atoms with E-state index in [0.29, 0.717) is 35.8 Å². The van der Waals surface area contributed by atoms with Crippen molar-refractivity contribution in [2.45, 2.75) is 220 Å². The van der Waals surface area contributed by atoms with Crippen LogP contribution in [-0.2, 0) is 0 Å². The van der Waals surface area contributed by atoms with E-state index in [1.165, 1.54) is 154 Å². The van der Waals surface area contributed by atoms with Crippen LogP contribution in [0.15, 0.2) is 46.4 Å². The highest BCUT2D eigenvalue weighted by Gasteiger charge is 2.36. The Balaban J connectivity index is 1.66. The Hall–Kier alpha value is -3.02. The third kappa shape index (κ3) is 22.1. The molecule has 0 aliphatic rings. The van der Waals surface area contributed by atoms with Crippen molar-refractivity contribution < 1.29 is 19.7 Å². The summed E-state index contributed by atoms with van der Waals surface area (Å²) in [5, 5.41) is 21.5. The lowest BCUT2D eigenvalue weighted by Crippen LogP contribution is -2.42. The molecule has 0 aromatic heterocycles. The zero-order valence-electron chi connectivity index (χ0n) is 37.0. The van der Waals surface area contributed by atoms with Crippen LogP contribution < -0.4 is 9.47 Å². The maximum atomic E-state index is 10.7. The van der Waals surface area contributed by atoms with E-state index < -0.39 is 11.1 Å². The molecule has 318 valence electrons. The molecular weight excluding hydrogens is 693 g/mol. The molecular formula is C50H84N2O4. The van der Waals surface area contributed by atoms with Crippen LogP contribution in [0.25, 0.3) is 0 Å². The lowest BCUT2D eigenvalue weighted by molar-refractivity contribution is 0.302. The predicted octanol–water partition coefficient (Wildman–Crippen LogP) is 15.1. The molecule has 0 saturated carbocycles. The first kappa shape index (κ1) is 49.1. The smallest absolute Gasteiger partial charge is 0.128 e. The quantitative estimate of drug-likeness (QED) is 0.0539. The number of ether oxygens (including phenoxy) is 2. The highest BCUT2D eigenvalue weighted by atomic mass is 16.5. The van der Waals surface area contributed by atoms with Crippen LogP contribution in [-0.4, -0.2) is 46.9 Å². The molecule has 6 heteroatoms. The fourth-order valence-corrected chi connectivity index (χ4v) is 6.84. The lowest BCUT2D eigenvalue weighted by Gasteiger charge is -2.35. The van der Waals surface area contributed by atoms with Gasteiger partial charge in [-0.05, 0) is 64.8 Å². The Morgan fingerprint density at radius 3 is 0.964 bits per heavy atom. The Labute approximate surface area is 344 Å². The molecule has 56 heavy (non-hydrogen) atoms. The van der Waals surface area contributed by atoms with E-state index in [2.05, 4.69) is 13.8 Å². The Morgan fingerprint density at radius 1 is 0.429 bits per heavy atom. The molecule has 2 N–H and O–H groups in total. The minimum atomic E-state index is -0.591. The number of phenolic OH excluding ortho intramolecular Hbond substituents is 2. The Morgan fingerprint density at radius 2 is 0.696 bits per heavy atom. The normalized spacial score (nSPS) is 12.3. The van der Waals surface area contributed by atoms with E-state index in [1.54, 1.807) is 24.6 Å². The van der Waals surface area contributed by atoms with Gasteiger partial charge in [0.25, 0.3) is 0 Å². The number of rotatable bonds is 35. The van der Waals surface area contributed by atoms with Gasteiger partial charge in [-0.1, -0.05) is 168 Å². The van der Waals surface area contributed by atoms with Crippen molar-refractivity contribution in [3.8, 4) is 23.0 Å². The molecule has 2 aromatic rings. The minimum Gasteiger partial charge on any atom is -0.507 e. The number of aromatic hydroxyl groups is 2. The average molecular weight is 777 g/mol. The van der Waals surface area contributed by atoms with E-state index in [9.17, 15) is 10.2 Å². The van der Waals surface area contributed by atoms with Crippen molar-refractivity contribution >= 4 is 12.4 Å². The van der Waals surface area contributed by atoms with E-state index in [-0.39, 0.29) is 11.5 Å². The summed E-state index contributed by atoms with van der Waals surface area (Å²) in [4.78, 5) is 9.69. The molecule has 0 bridgehead atoms. The highest BCUT2D eigenvalue weighted by Crippen LogP contribution is 2.31. The Bertz CT molecular complexity index is 1230. The fourth-order valence-electron chi connectivity index (χ4n) is 6.84. The zero-order chi connectivity index (χ0) is 40.7. The summed E-state index contributed by atoms with van der Waals surface area (Å²) in [6.45, 7) is 14.0. The first-order valence-corrected chi connectivity index (χ1v) is 23.1. The maximum Gasteiger partial charge on any atom is 0.128 e. The second kappa shape index (κ2) is 30.1. The molecule has 0 unspecified atom stereocenters. The number of aliphatic imine (C=N–C) groups is 2. The fraction of sp³-hybridized carbons (Fsp3) is 0.720. The number of benzene rings is 2. The van der Waals surface area contributed by atoms with Crippen LogP contribution in [0, 0.1) is 0 Å². The summed E-state index contributed by atoms with van der Waals surface area (Å²) in [7, 11) is 0. The second-order valence-electron chi connectivity index (χ2n) is 17.3. The van der Waals surface area contributed by atoms with E-state index in [0.717, 1.165) is 12.8 Å². The maximum absolute atomic E-state index is 10.7. The molecule has 0 amide bonds. The standard InChI is InChI=1S/C50H84N2O4/c1-7-9-11-13-15-17-19-21-23-25-27-29-31-37-55-45-35-33-43(47(53)39-45)41-51-49(3,4)50(5,6)52-42-44-34-36-46(40-48(44)54)56-38-32-30-28-26-24-22-20-18-16-14-12-10-8-2/h33-36,39-42,53-54H,7-32,37-38H2,1-6H3. The van der Waals surface area contributed by atoms with Crippen LogP contribution in [0.2, 0.25) is 0 Å². The largest absolute Gasteiger partial charge is 0.507 e. The van der Waals surface area contributed by atoms with Gasteiger partial charge in [-0.2, -0.15) is 0 Å². The summed E-state index contributed by atoms with van der Waals surface area (Å²) in [6, 6.07) is 10.9. The summed E-state index contributed by atoms with van der Waals surface area (Å²) in [6.07, 6.45) is 37.9. The van der Waals surface area contributed by atoms with Crippen LogP contribution in [0.3, 0.4) is 0 Å². The molecule has 2 aromatic carbocycles. The van der Waals surface area contributed by atoms with Gasteiger partial charge < -0.3 is 19.7 Å². The molecule has 0 atom stereocenters. The molecule has 0 spiro atoms. The number of unbranched alkanes of at least 4 members (excludes halogenated alkanes) is 24. The second-order valence-corrected chi connectivity index (χ2v) is 17.3. The van der Waals surface area contributed by atoms with Crippen molar-refractivity contribution in [1.82, 2.24) is 0 Å². The van der Waals surface area contributed by atoms with Gasteiger partial charge in [-0.25, -0.2) is 0 Å². The van der Waals surface area contributed by atoms with E-state index in [4.69, 9.17) is 19.5 Å². The van der Waals surface area contributed by atoms with Gasteiger partial charge in [0.05, 0.1) is 24.3 Å². The molecule has 6 nitrogen and oxygen atoms in total. The first-order valence-electron chi connectivity index (χ1n) is 23.1. The topological polar surface area (TPSA) is 83.6 Å². The number of hydrogen-bond acceptors (Lipinski definition) is 6. The summed E-state index contributed by atoms with van der Waals surface area (Å²) < 4.78 is 11.9. The molecule has 0 saturated heterocycles. The van der Waals surface area contributed by atoms with Gasteiger partial charge in [0.1, 0.15) is 23.0 Å². The van der Waals surface area contributed by atoms with Gasteiger partial charge in [0.2, 0.25) is 0 Å².